The molecule has 0 spiro atoms. The Hall–Kier alpha value is -4.10. The van der Waals surface area contributed by atoms with Crippen LogP contribution < -0.4 is 11.1 Å². The van der Waals surface area contributed by atoms with Crippen LogP contribution in [0.3, 0.4) is 0 Å². The number of likely N-dealkylation sites (tertiary alicyclic amines) is 1. The first-order valence-corrected chi connectivity index (χ1v) is 14.2. The first-order valence-electron chi connectivity index (χ1n) is 13.8. The first kappa shape index (κ1) is 26.1. The van der Waals surface area contributed by atoms with Gasteiger partial charge in [-0.25, -0.2) is 9.78 Å². The van der Waals surface area contributed by atoms with Crippen LogP contribution in [-0.4, -0.2) is 38.6 Å². The number of rotatable bonds is 5. The molecule has 6 rings (SSSR count). The van der Waals surface area contributed by atoms with E-state index in [9.17, 15) is 4.79 Å². The van der Waals surface area contributed by atoms with E-state index in [2.05, 4.69) is 39.1 Å². The highest BCUT2D eigenvalue weighted by Crippen LogP contribution is 2.45. The minimum atomic E-state index is -0.0754. The summed E-state index contributed by atoms with van der Waals surface area (Å²) in [6, 6.07) is 17.6. The number of urea groups is 1. The van der Waals surface area contributed by atoms with Crippen molar-refractivity contribution >= 4 is 40.7 Å². The van der Waals surface area contributed by atoms with Crippen molar-refractivity contribution < 1.29 is 4.79 Å². The van der Waals surface area contributed by atoms with Gasteiger partial charge in [0.05, 0.1) is 5.69 Å². The molecule has 8 heteroatoms. The number of nitrogens with zero attached hydrogens (tertiary/aromatic N) is 4. The molecule has 1 atom stereocenters. The topological polar surface area (TPSA) is 89.1 Å². The van der Waals surface area contributed by atoms with Crippen LogP contribution >= 0.6 is 11.6 Å². The number of allylic oxidation sites excluding steroid dienone is 1. The van der Waals surface area contributed by atoms with E-state index >= 15 is 0 Å². The van der Waals surface area contributed by atoms with Crippen LogP contribution in [-0.2, 0) is 6.54 Å². The summed E-state index contributed by atoms with van der Waals surface area (Å²) in [6.07, 6.45) is 10.7. The number of hydrogen-bond acceptors (Lipinski definition) is 4. The van der Waals surface area contributed by atoms with Crippen molar-refractivity contribution in [3.05, 3.63) is 106 Å². The number of aromatic nitrogens is 3. The number of carbonyl (C=O) groups excluding carboxylic acids is 1. The maximum absolute atomic E-state index is 13.0. The zero-order valence-corrected chi connectivity index (χ0v) is 23.3. The van der Waals surface area contributed by atoms with E-state index in [-0.39, 0.29) is 11.9 Å². The fourth-order valence-corrected chi connectivity index (χ4v) is 6.24. The molecule has 4 aromatic rings. The summed E-state index contributed by atoms with van der Waals surface area (Å²) >= 11 is 6.58. The monoisotopic (exact) mass is 552 g/mol. The van der Waals surface area contributed by atoms with E-state index in [1.165, 1.54) is 16.7 Å². The maximum Gasteiger partial charge on any atom is 0.321 e. The molecule has 2 aromatic carbocycles. The van der Waals surface area contributed by atoms with Crippen molar-refractivity contribution in [1.82, 2.24) is 19.4 Å². The van der Waals surface area contributed by atoms with Crippen LogP contribution in [0, 0.1) is 12.8 Å². The van der Waals surface area contributed by atoms with E-state index in [4.69, 9.17) is 22.3 Å². The quantitative estimate of drug-likeness (QED) is 0.265. The predicted molar refractivity (Wildman–Crippen MR) is 161 cm³/mol. The molecule has 3 N–H and O–H groups in total. The molecule has 7 nitrogen and oxygen atoms in total. The molecule has 0 bridgehead atoms. The molecule has 40 heavy (non-hydrogen) atoms. The smallest absolute Gasteiger partial charge is 0.321 e. The fraction of sp³-hybridized carbons (Fsp3) is 0.281. The lowest BCUT2D eigenvalue weighted by Gasteiger charge is -2.36. The molecular weight excluding hydrogens is 520 g/mol. The highest BCUT2D eigenvalue weighted by molar-refractivity contribution is 6.30. The molecule has 1 aliphatic heterocycles. The van der Waals surface area contributed by atoms with Crippen LogP contribution in [0.1, 0.15) is 53.4 Å². The van der Waals surface area contributed by atoms with Crippen molar-refractivity contribution in [2.24, 2.45) is 5.92 Å². The van der Waals surface area contributed by atoms with Gasteiger partial charge in [-0.2, -0.15) is 0 Å². The van der Waals surface area contributed by atoms with Gasteiger partial charge in [-0.3, -0.25) is 4.98 Å². The number of anilines is 2. The van der Waals surface area contributed by atoms with Gasteiger partial charge in [-0.05, 0) is 103 Å². The number of nitrogens with one attached hydrogen (secondary N) is 1. The van der Waals surface area contributed by atoms with Crippen molar-refractivity contribution in [3.63, 3.8) is 0 Å². The second-order valence-corrected chi connectivity index (χ2v) is 11.1. The Balaban J connectivity index is 1.26. The average Bonchev–Trinajstić information content (AvgIpc) is 3.32. The zero-order chi connectivity index (χ0) is 27.6. The van der Waals surface area contributed by atoms with Crippen molar-refractivity contribution in [1.29, 1.82) is 0 Å². The number of imidazole rings is 1. The molecule has 1 saturated heterocycles. The van der Waals surface area contributed by atoms with E-state index in [0.717, 1.165) is 53.6 Å². The van der Waals surface area contributed by atoms with Gasteiger partial charge in [0.2, 0.25) is 0 Å². The van der Waals surface area contributed by atoms with E-state index in [1.807, 2.05) is 54.7 Å². The minimum Gasteiger partial charge on any atom is -0.399 e. The van der Waals surface area contributed by atoms with Crippen LogP contribution in [0.5, 0.6) is 0 Å². The molecule has 1 aliphatic carbocycles. The summed E-state index contributed by atoms with van der Waals surface area (Å²) < 4.78 is 2.18. The lowest BCUT2D eigenvalue weighted by Crippen LogP contribution is -2.42. The molecule has 2 aliphatic rings. The number of aryl methyl sites for hydroxylation is 2. The van der Waals surface area contributed by atoms with Crippen LogP contribution in [0.2, 0.25) is 5.02 Å². The third-order valence-electron chi connectivity index (χ3n) is 8.20. The normalized spacial score (nSPS) is 17.0. The summed E-state index contributed by atoms with van der Waals surface area (Å²) in [4.78, 5) is 24.2. The number of benzene rings is 2. The summed E-state index contributed by atoms with van der Waals surface area (Å²) in [7, 11) is 0. The van der Waals surface area contributed by atoms with E-state index in [0.29, 0.717) is 24.7 Å². The van der Waals surface area contributed by atoms with E-state index in [1.54, 1.807) is 12.1 Å². The summed E-state index contributed by atoms with van der Waals surface area (Å²) in [5.41, 5.74) is 13.2. The largest absolute Gasteiger partial charge is 0.399 e. The third kappa shape index (κ3) is 5.34. The van der Waals surface area contributed by atoms with Crippen LogP contribution in [0.25, 0.3) is 11.6 Å². The number of piperidine rings is 1. The van der Waals surface area contributed by atoms with Crippen molar-refractivity contribution in [2.75, 3.05) is 24.1 Å². The highest BCUT2D eigenvalue weighted by atomic mass is 35.5. The van der Waals surface area contributed by atoms with Gasteiger partial charge in [0.25, 0.3) is 0 Å². The number of amides is 2. The van der Waals surface area contributed by atoms with Gasteiger partial charge in [-0.1, -0.05) is 23.7 Å². The second-order valence-electron chi connectivity index (χ2n) is 10.7. The fourth-order valence-electron chi connectivity index (χ4n) is 6.07. The average molecular weight is 553 g/mol. The number of fused-ring (bicyclic) bond motifs is 2. The van der Waals surface area contributed by atoms with Gasteiger partial charge < -0.3 is 20.5 Å². The Labute approximate surface area is 239 Å². The summed E-state index contributed by atoms with van der Waals surface area (Å²) in [6.45, 7) is 4.25. The molecule has 0 radical (unpaired) electrons. The Morgan fingerprint density at radius 3 is 2.62 bits per heavy atom. The summed E-state index contributed by atoms with van der Waals surface area (Å²) in [5, 5.41) is 3.74. The van der Waals surface area contributed by atoms with Crippen molar-refractivity contribution in [2.45, 2.75) is 38.6 Å². The maximum atomic E-state index is 13.0. The van der Waals surface area contributed by atoms with Gasteiger partial charge >= 0.3 is 6.03 Å². The minimum absolute atomic E-state index is 0.0754. The van der Waals surface area contributed by atoms with Gasteiger partial charge in [-0.15, -0.1) is 0 Å². The standard InChI is InChI=1S/C32H33ClN6O/c1-21-35-14-18-38(21)15-12-23-19-24-3-2-13-36-31(24)30(28-9-4-25(33)20-29(23)28)22-10-16-39(17-11-22)32(40)37-27-7-5-26(34)6-8-27/h2-9,13-14,18-20,22,30H,10-12,15-17,34H2,1H3,(H,37,40). The zero-order valence-electron chi connectivity index (χ0n) is 22.6. The molecule has 2 aromatic heterocycles. The number of hydrogen-bond donors (Lipinski definition) is 2. The molecule has 1 fully saturated rings. The van der Waals surface area contributed by atoms with Crippen LogP contribution in [0.15, 0.2) is 73.2 Å². The Kier molecular flexibility index (Phi) is 7.30. The molecule has 0 saturated carbocycles. The lowest BCUT2D eigenvalue weighted by atomic mass is 9.76. The van der Waals surface area contributed by atoms with Gasteiger partial charge in [0.1, 0.15) is 5.82 Å². The predicted octanol–water partition coefficient (Wildman–Crippen LogP) is 6.84. The second kappa shape index (κ2) is 11.2. The first-order chi connectivity index (χ1) is 19.5. The summed E-state index contributed by atoms with van der Waals surface area (Å²) in [5.74, 6) is 1.47. The molecule has 3 heterocycles. The molecule has 2 amide bonds. The Morgan fingerprint density at radius 2 is 1.88 bits per heavy atom. The SMILES string of the molecule is Cc1nccn1CCC1=Cc2cccnc2C(C2CCN(C(=O)Nc3ccc(N)cc3)CC2)c2ccc(Cl)cc21. The molecular formula is C32H33ClN6O. The van der Waals surface area contributed by atoms with Gasteiger partial charge in [0, 0.05) is 60.5 Å². The van der Waals surface area contributed by atoms with Crippen LogP contribution in [0.4, 0.5) is 16.2 Å². The number of pyridine rings is 1. The molecule has 1 unspecified atom stereocenters. The lowest BCUT2D eigenvalue weighted by molar-refractivity contribution is 0.177. The highest BCUT2D eigenvalue weighted by Gasteiger charge is 2.35. The number of carbonyl (C=O) groups is 1. The van der Waals surface area contributed by atoms with Crippen molar-refractivity contribution in [3.8, 4) is 0 Å². The number of halogens is 1. The number of nitrogen functional groups attached to an aromatic ring is 1. The van der Waals surface area contributed by atoms with E-state index < -0.39 is 0 Å². The molecule has 204 valence electrons. The Morgan fingerprint density at radius 1 is 1.07 bits per heavy atom. The Bertz CT molecular complexity index is 1550. The van der Waals surface area contributed by atoms with Gasteiger partial charge in [0.15, 0.2) is 0 Å². The number of nitrogens with two attached hydrogens (primary N) is 1. The third-order valence-corrected chi connectivity index (χ3v) is 8.43.